The summed E-state index contributed by atoms with van der Waals surface area (Å²) in [5, 5.41) is 40.6. The summed E-state index contributed by atoms with van der Waals surface area (Å²) in [5.41, 5.74) is 6.80. The van der Waals surface area contributed by atoms with E-state index in [2.05, 4.69) is 10.6 Å². The third-order valence-corrected chi connectivity index (χ3v) is 5.92. The molecule has 0 heterocycles. The molecule has 0 radical (unpaired) electrons. The van der Waals surface area contributed by atoms with E-state index in [0.29, 0.717) is 24.4 Å². The number of carbonyl (C=O) groups excluding carboxylic acids is 2. The first-order valence-corrected chi connectivity index (χ1v) is 12.2. The lowest BCUT2D eigenvalue weighted by molar-refractivity contribution is -0.139. The number of anilines is 1. The molecule has 36 heavy (non-hydrogen) atoms. The summed E-state index contributed by atoms with van der Waals surface area (Å²) in [4.78, 5) is 58.9. The zero-order chi connectivity index (χ0) is 27.1. The van der Waals surface area contributed by atoms with Crippen molar-refractivity contribution in [1.82, 2.24) is 10.6 Å². The monoisotopic (exact) mass is 528 g/mol. The molecule has 14 heteroatoms. The van der Waals surface area contributed by atoms with Crippen LogP contribution in [0.4, 0.5) is 5.69 Å². The standard InChI is InChI=1S/C22H32N4O9S/c23-16(22(34)35)5-6-18(28)25-17(21(33)24-12-20(31)32)13-36-10-8-26(7-9-27)15-3-1-14(2-4-15)11-19(29)30/h1-4,16-17,27H,5-13,23H2,(H,24,33)(H,25,28)(H,29,30)(H,31,32)(H,34,35)/t16-,17-/m0/s1. The molecule has 0 saturated heterocycles. The summed E-state index contributed by atoms with van der Waals surface area (Å²) in [6, 6.07) is 4.61. The number of carbonyl (C=O) groups is 5. The molecule has 200 valence electrons. The van der Waals surface area contributed by atoms with Crippen LogP contribution in [-0.4, -0.2) is 100.0 Å². The van der Waals surface area contributed by atoms with E-state index in [9.17, 15) is 29.1 Å². The lowest BCUT2D eigenvalue weighted by Crippen LogP contribution is -2.49. The first kappa shape index (κ1) is 30.7. The predicted octanol–water partition coefficient (Wildman–Crippen LogP) is -1.28. The Morgan fingerprint density at radius 3 is 2.22 bits per heavy atom. The van der Waals surface area contributed by atoms with Crippen LogP contribution in [0.1, 0.15) is 18.4 Å². The first-order chi connectivity index (χ1) is 17.0. The molecule has 0 fully saturated rings. The number of hydrogen-bond donors (Lipinski definition) is 7. The van der Waals surface area contributed by atoms with Crippen LogP contribution >= 0.6 is 11.8 Å². The molecule has 13 nitrogen and oxygen atoms in total. The Hall–Kier alpha value is -3.36. The molecule has 0 aliphatic carbocycles. The van der Waals surface area contributed by atoms with Gasteiger partial charge in [0.25, 0.3) is 0 Å². The van der Waals surface area contributed by atoms with Crippen LogP contribution in [0.15, 0.2) is 24.3 Å². The Labute approximate surface area is 212 Å². The Morgan fingerprint density at radius 1 is 1.00 bits per heavy atom. The van der Waals surface area contributed by atoms with Crippen LogP contribution < -0.4 is 21.3 Å². The van der Waals surface area contributed by atoms with Gasteiger partial charge >= 0.3 is 17.9 Å². The Kier molecular flexibility index (Phi) is 13.9. The van der Waals surface area contributed by atoms with Crippen molar-refractivity contribution < 1.29 is 44.4 Å². The minimum Gasteiger partial charge on any atom is -0.481 e. The number of thioether (sulfide) groups is 1. The van der Waals surface area contributed by atoms with Crippen LogP contribution in [0.25, 0.3) is 0 Å². The van der Waals surface area contributed by atoms with Crippen molar-refractivity contribution in [2.45, 2.75) is 31.3 Å². The smallest absolute Gasteiger partial charge is 0.322 e. The number of nitrogens with one attached hydrogen (secondary N) is 2. The number of nitrogens with zero attached hydrogens (tertiary/aromatic N) is 1. The fourth-order valence-corrected chi connectivity index (χ4v) is 4.00. The fourth-order valence-electron chi connectivity index (χ4n) is 3.01. The van der Waals surface area contributed by atoms with Crippen molar-refractivity contribution in [1.29, 1.82) is 0 Å². The normalized spacial score (nSPS) is 12.3. The van der Waals surface area contributed by atoms with E-state index < -0.39 is 48.4 Å². The lowest BCUT2D eigenvalue weighted by atomic mass is 10.1. The van der Waals surface area contributed by atoms with Gasteiger partial charge in [-0.2, -0.15) is 11.8 Å². The maximum absolute atomic E-state index is 12.4. The van der Waals surface area contributed by atoms with Crippen LogP contribution in [0.3, 0.4) is 0 Å². The highest BCUT2D eigenvalue weighted by Gasteiger charge is 2.22. The molecule has 1 aromatic carbocycles. The van der Waals surface area contributed by atoms with E-state index in [1.165, 1.54) is 11.8 Å². The van der Waals surface area contributed by atoms with Gasteiger partial charge in [-0.15, -0.1) is 0 Å². The zero-order valence-electron chi connectivity index (χ0n) is 19.6. The van der Waals surface area contributed by atoms with Crippen molar-refractivity contribution in [2.75, 3.05) is 42.6 Å². The second-order valence-corrected chi connectivity index (χ2v) is 8.89. The van der Waals surface area contributed by atoms with Crippen molar-refractivity contribution in [3.8, 4) is 0 Å². The van der Waals surface area contributed by atoms with Gasteiger partial charge in [-0.25, -0.2) is 0 Å². The predicted molar refractivity (Wildman–Crippen MR) is 132 cm³/mol. The van der Waals surface area contributed by atoms with E-state index in [1.807, 2.05) is 4.90 Å². The van der Waals surface area contributed by atoms with Crippen molar-refractivity contribution in [3.05, 3.63) is 29.8 Å². The van der Waals surface area contributed by atoms with Crippen LogP contribution in [0.5, 0.6) is 0 Å². The topological polar surface area (TPSA) is 220 Å². The second kappa shape index (κ2) is 16.3. The summed E-state index contributed by atoms with van der Waals surface area (Å²) in [5.74, 6) is -4.12. The summed E-state index contributed by atoms with van der Waals surface area (Å²) >= 11 is 1.31. The minimum atomic E-state index is -1.25. The molecule has 0 unspecified atom stereocenters. The van der Waals surface area contributed by atoms with E-state index in [4.69, 9.17) is 21.1 Å². The Balaban J connectivity index is 2.69. The summed E-state index contributed by atoms with van der Waals surface area (Å²) in [7, 11) is 0. The summed E-state index contributed by atoms with van der Waals surface area (Å²) in [6.07, 6.45) is -0.447. The van der Waals surface area contributed by atoms with Crippen molar-refractivity contribution in [3.63, 3.8) is 0 Å². The lowest BCUT2D eigenvalue weighted by Gasteiger charge is -2.24. The first-order valence-electron chi connectivity index (χ1n) is 11.0. The molecular formula is C22H32N4O9S. The van der Waals surface area contributed by atoms with Gasteiger partial charge in [0.05, 0.1) is 13.0 Å². The number of amides is 2. The molecular weight excluding hydrogens is 496 g/mol. The molecule has 0 aliphatic heterocycles. The number of aliphatic hydroxyl groups excluding tert-OH is 1. The number of rotatable bonds is 18. The Morgan fingerprint density at radius 2 is 1.67 bits per heavy atom. The van der Waals surface area contributed by atoms with Crippen molar-refractivity contribution in [2.24, 2.45) is 5.73 Å². The molecule has 0 spiro atoms. The molecule has 2 atom stereocenters. The molecule has 0 aliphatic rings. The SMILES string of the molecule is N[C@@H](CCC(=O)N[C@@H](CSCCN(CCO)c1ccc(CC(=O)O)cc1)C(=O)NCC(=O)O)C(=O)O. The highest BCUT2D eigenvalue weighted by Crippen LogP contribution is 2.17. The number of aliphatic carboxylic acids is 3. The maximum atomic E-state index is 12.4. The number of hydrogen-bond acceptors (Lipinski definition) is 9. The van der Waals surface area contributed by atoms with Gasteiger partial charge in [-0.05, 0) is 24.1 Å². The average molecular weight is 529 g/mol. The second-order valence-electron chi connectivity index (χ2n) is 7.74. The number of aliphatic hydroxyl groups is 1. The molecule has 8 N–H and O–H groups in total. The van der Waals surface area contributed by atoms with E-state index in [0.717, 1.165) is 5.69 Å². The Bertz CT molecular complexity index is 898. The van der Waals surface area contributed by atoms with E-state index in [1.54, 1.807) is 24.3 Å². The third kappa shape index (κ3) is 12.4. The third-order valence-electron chi connectivity index (χ3n) is 4.88. The largest absolute Gasteiger partial charge is 0.481 e. The van der Waals surface area contributed by atoms with Gasteiger partial charge in [0.15, 0.2) is 0 Å². The zero-order valence-corrected chi connectivity index (χ0v) is 20.4. The molecule has 0 saturated carbocycles. The number of carboxylic acids is 3. The van der Waals surface area contributed by atoms with Crippen molar-refractivity contribution >= 4 is 47.2 Å². The van der Waals surface area contributed by atoms with Gasteiger partial charge in [-0.3, -0.25) is 24.0 Å². The molecule has 0 bridgehead atoms. The summed E-state index contributed by atoms with van der Waals surface area (Å²) in [6.45, 7) is 0.0501. The highest BCUT2D eigenvalue weighted by atomic mass is 32.2. The van der Waals surface area contributed by atoms with Crippen LogP contribution in [-0.2, 0) is 30.4 Å². The minimum absolute atomic E-state index is 0.102. The maximum Gasteiger partial charge on any atom is 0.322 e. The van der Waals surface area contributed by atoms with Gasteiger partial charge in [0, 0.05) is 36.7 Å². The molecule has 1 aromatic rings. The van der Waals surface area contributed by atoms with Gasteiger partial charge in [0.1, 0.15) is 18.6 Å². The molecule has 0 aromatic heterocycles. The van der Waals surface area contributed by atoms with E-state index in [-0.39, 0.29) is 31.6 Å². The van der Waals surface area contributed by atoms with Gasteiger partial charge in [-0.1, -0.05) is 12.1 Å². The summed E-state index contributed by atoms with van der Waals surface area (Å²) < 4.78 is 0. The van der Waals surface area contributed by atoms with Gasteiger partial charge < -0.3 is 41.7 Å². The van der Waals surface area contributed by atoms with Gasteiger partial charge in [0.2, 0.25) is 11.8 Å². The van der Waals surface area contributed by atoms with Crippen LogP contribution in [0, 0.1) is 0 Å². The quantitative estimate of drug-likeness (QED) is 0.111. The fraction of sp³-hybridized carbons (Fsp3) is 0.500. The average Bonchev–Trinajstić information content (AvgIpc) is 2.82. The van der Waals surface area contributed by atoms with Crippen LogP contribution in [0.2, 0.25) is 0 Å². The number of nitrogens with two attached hydrogens (primary N) is 1. The number of benzene rings is 1. The highest BCUT2D eigenvalue weighted by molar-refractivity contribution is 7.99. The molecule has 1 rings (SSSR count). The van der Waals surface area contributed by atoms with E-state index >= 15 is 0 Å². The molecule has 2 amide bonds. The number of carboxylic acid groups (broad SMARTS) is 3.